The van der Waals surface area contributed by atoms with Gasteiger partial charge in [0.2, 0.25) is 0 Å². The van der Waals surface area contributed by atoms with E-state index in [1.54, 1.807) is 24.2 Å². The zero-order valence-corrected chi connectivity index (χ0v) is 13.0. The molecule has 1 fully saturated rings. The largest absolute Gasteiger partial charge is 0.330 e. The van der Waals surface area contributed by atoms with Crippen LogP contribution in [0.4, 0.5) is 0 Å². The molecule has 116 valence electrons. The second kappa shape index (κ2) is 4.95. The van der Waals surface area contributed by atoms with Crippen LogP contribution in [-0.4, -0.2) is 54.8 Å². The van der Waals surface area contributed by atoms with Gasteiger partial charge in [0.15, 0.2) is 0 Å². The summed E-state index contributed by atoms with van der Waals surface area (Å²) >= 11 is 0. The highest BCUT2D eigenvalue weighted by Gasteiger charge is 2.44. The summed E-state index contributed by atoms with van der Waals surface area (Å²) in [5.41, 5.74) is -0.270. The molecule has 2 aliphatic heterocycles. The van der Waals surface area contributed by atoms with E-state index in [0.29, 0.717) is 24.3 Å². The average Bonchev–Trinajstić information content (AvgIpc) is 2.44. The van der Waals surface area contributed by atoms with Gasteiger partial charge in [-0.15, -0.1) is 4.40 Å². The molecule has 0 unspecified atom stereocenters. The van der Waals surface area contributed by atoms with Crippen LogP contribution in [0.5, 0.6) is 0 Å². The van der Waals surface area contributed by atoms with E-state index in [0.717, 1.165) is 6.42 Å². The molecule has 1 saturated carbocycles. The van der Waals surface area contributed by atoms with Gasteiger partial charge in [-0.1, -0.05) is 0 Å². The minimum atomic E-state index is -3.40. The fourth-order valence-corrected chi connectivity index (χ4v) is 3.72. The van der Waals surface area contributed by atoms with Crippen LogP contribution in [-0.2, 0) is 14.8 Å². The fourth-order valence-electron chi connectivity index (χ4n) is 2.75. The number of hydrogen-bond donors (Lipinski definition) is 0. The molecule has 2 heterocycles. The third-order valence-corrected chi connectivity index (χ3v) is 5.57. The third-order valence-electron chi connectivity index (χ3n) is 4.41. The molecule has 0 aromatic carbocycles. The first kappa shape index (κ1) is 14.8. The lowest BCUT2D eigenvalue weighted by molar-refractivity contribution is -0.131. The minimum absolute atomic E-state index is 0.0692. The van der Waals surface area contributed by atoms with E-state index in [9.17, 15) is 18.5 Å². The predicted molar refractivity (Wildman–Crippen MR) is 80.1 cm³/mol. The van der Waals surface area contributed by atoms with Gasteiger partial charge in [0.05, 0.1) is 17.4 Å². The highest BCUT2D eigenvalue weighted by molar-refractivity contribution is 7.90. The number of amidine groups is 1. The van der Waals surface area contributed by atoms with Crippen molar-refractivity contribution in [2.75, 3.05) is 19.3 Å². The highest BCUT2D eigenvalue weighted by atomic mass is 32.2. The summed E-state index contributed by atoms with van der Waals surface area (Å²) in [4.78, 5) is 15.7. The molecule has 0 spiro atoms. The fraction of sp³-hybridized carbons (Fsp3) is 0.500. The maximum absolute atomic E-state index is 12.6. The average molecular weight is 320 g/mol. The number of fused-ring (bicyclic) bond motifs is 1. The van der Waals surface area contributed by atoms with Gasteiger partial charge in [0.1, 0.15) is 11.4 Å². The Morgan fingerprint density at radius 2 is 2.18 bits per heavy atom. The van der Waals surface area contributed by atoms with Crippen LogP contribution in [0.15, 0.2) is 28.3 Å². The van der Waals surface area contributed by atoms with Crippen LogP contribution in [0.3, 0.4) is 0 Å². The molecule has 0 bridgehead atoms. The Balaban J connectivity index is 1.83. The highest BCUT2D eigenvalue weighted by Crippen LogP contribution is 2.37. The predicted octanol–water partition coefficient (Wildman–Crippen LogP) is 0.389. The molecule has 0 radical (unpaired) electrons. The van der Waals surface area contributed by atoms with Crippen molar-refractivity contribution in [2.45, 2.75) is 24.8 Å². The summed E-state index contributed by atoms with van der Waals surface area (Å²) in [6.07, 6.45) is 7.02. The third kappa shape index (κ3) is 2.31. The van der Waals surface area contributed by atoms with Crippen molar-refractivity contribution in [3.63, 3.8) is 0 Å². The summed E-state index contributed by atoms with van der Waals surface area (Å²) in [7, 11) is -1.76. The van der Waals surface area contributed by atoms with Crippen molar-refractivity contribution in [3.05, 3.63) is 23.9 Å². The maximum Gasteiger partial charge on any atom is 0.256 e. The summed E-state index contributed by atoms with van der Waals surface area (Å²) < 4.78 is 26.6. The molecule has 1 aliphatic carbocycles. The van der Waals surface area contributed by atoms with Crippen molar-refractivity contribution in [2.24, 2.45) is 4.40 Å². The monoisotopic (exact) mass is 320 g/mol. The van der Waals surface area contributed by atoms with Crippen LogP contribution in [0.1, 0.15) is 19.3 Å². The van der Waals surface area contributed by atoms with E-state index in [-0.39, 0.29) is 18.2 Å². The zero-order chi connectivity index (χ0) is 16.0. The summed E-state index contributed by atoms with van der Waals surface area (Å²) in [5.74, 6) is 0.0226. The lowest BCUT2D eigenvalue weighted by Gasteiger charge is -2.43. The van der Waals surface area contributed by atoms with Crippen molar-refractivity contribution >= 4 is 21.8 Å². The first-order valence-corrected chi connectivity index (χ1v) is 8.66. The van der Waals surface area contributed by atoms with Gasteiger partial charge >= 0.3 is 0 Å². The van der Waals surface area contributed by atoms with Crippen LogP contribution >= 0.6 is 0 Å². The Bertz CT molecular complexity index is 753. The number of sulfonamides is 1. The van der Waals surface area contributed by atoms with E-state index in [1.807, 2.05) is 0 Å². The molecule has 22 heavy (non-hydrogen) atoms. The number of carbonyl (C=O) groups excluding carboxylic acids is 1. The van der Waals surface area contributed by atoms with E-state index >= 15 is 0 Å². The number of carbonyl (C=O) groups is 1. The molecule has 0 atom stereocenters. The molecular formula is C14H16N4O3S. The van der Waals surface area contributed by atoms with Crippen LogP contribution in [0, 0.1) is 11.3 Å². The molecule has 7 nitrogen and oxygen atoms in total. The molecule has 3 aliphatic rings. The van der Waals surface area contributed by atoms with Gasteiger partial charge in [-0.05, 0) is 31.4 Å². The minimum Gasteiger partial charge on any atom is -0.330 e. The second-order valence-electron chi connectivity index (χ2n) is 5.71. The van der Waals surface area contributed by atoms with Crippen molar-refractivity contribution in [3.8, 4) is 6.07 Å². The Morgan fingerprint density at radius 3 is 2.77 bits per heavy atom. The first-order chi connectivity index (χ1) is 10.4. The van der Waals surface area contributed by atoms with Gasteiger partial charge in [0, 0.05) is 19.8 Å². The van der Waals surface area contributed by atoms with E-state index < -0.39 is 15.6 Å². The topological polar surface area (TPSA) is 93.8 Å². The summed E-state index contributed by atoms with van der Waals surface area (Å²) in [6, 6.07) is 2.24. The SMILES string of the molecule is CN(C(=O)C1=CN2CCS(=O)(=O)N=C2C=C1)C1(C#N)CCC1. The number of nitriles is 1. The van der Waals surface area contributed by atoms with Crippen LogP contribution in [0.25, 0.3) is 0 Å². The molecule has 3 rings (SSSR count). The normalized spacial score (nSPS) is 24.3. The maximum atomic E-state index is 12.6. The molecular weight excluding hydrogens is 304 g/mol. The zero-order valence-electron chi connectivity index (χ0n) is 12.2. The Morgan fingerprint density at radius 1 is 1.45 bits per heavy atom. The molecule has 1 amide bonds. The van der Waals surface area contributed by atoms with Gasteiger partial charge in [-0.3, -0.25) is 4.79 Å². The van der Waals surface area contributed by atoms with Crippen LogP contribution in [0.2, 0.25) is 0 Å². The van der Waals surface area contributed by atoms with E-state index in [2.05, 4.69) is 10.5 Å². The number of likely N-dealkylation sites (N-methyl/N-ethyl adjacent to an activating group) is 1. The number of nitrogens with zero attached hydrogens (tertiary/aromatic N) is 4. The van der Waals surface area contributed by atoms with Crippen molar-refractivity contribution < 1.29 is 13.2 Å². The Hall–Kier alpha value is -2.14. The molecule has 0 aromatic heterocycles. The standard InChI is InChI=1S/C14H16N4O3S/c1-17(14(10-15)5-2-6-14)13(19)11-3-4-12-16-22(20,21)8-7-18(12)9-11/h3-4,9H,2,5-8H2,1H3. The lowest BCUT2D eigenvalue weighted by Crippen LogP contribution is -2.53. The number of amides is 1. The second-order valence-corrected chi connectivity index (χ2v) is 7.46. The van der Waals surface area contributed by atoms with Gasteiger partial charge < -0.3 is 9.80 Å². The smallest absolute Gasteiger partial charge is 0.256 e. The van der Waals surface area contributed by atoms with Gasteiger partial charge in [-0.2, -0.15) is 5.26 Å². The number of rotatable bonds is 2. The van der Waals surface area contributed by atoms with Gasteiger partial charge in [-0.25, -0.2) is 8.42 Å². The van der Waals surface area contributed by atoms with Crippen molar-refractivity contribution in [1.29, 1.82) is 5.26 Å². The van der Waals surface area contributed by atoms with Crippen LogP contribution < -0.4 is 0 Å². The van der Waals surface area contributed by atoms with Crippen molar-refractivity contribution in [1.82, 2.24) is 9.80 Å². The molecule has 0 N–H and O–H groups in total. The van der Waals surface area contributed by atoms with E-state index in [4.69, 9.17) is 0 Å². The van der Waals surface area contributed by atoms with Gasteiger partial charge in [0.25, 0.3) is 15.9 Å². The molecule has 8 heteroatoms. The first-order valence-electron chi connectivity index (χ1n) is 7.05. The molecule has 0 saturated heterocycles. The quantitative estimate of drug-likeness (QED) is 0.733. The van der Waals surface area contributed by atoms with E-state index in [1.165, 1.54) is 11.0 Å². The summed E-state index contributed by atoms with van der Waals surface area (Å²) in [5, 5.41) is 9.32. The summed E-state index contributed by atoms with van der Waals surface area (Å²) in [6.45, 7) is 0.273. The molecule has 0 aromatic rings. The number of hydrogen-bond acceptors (Lipinski definition) is 5. The lowest BCUT2D eigenvalue weighted by atomic mass is 9.76. The Labute approximate surface area is 129 Å². The Kier molecular flexibility index (Phi) is 3.33.